The quantitative estimate of drug-likeness (QED) is 0.846. The van der Waals surface area contributed by atoms with Gasteiger partial charge in [0, 0.05) is 12.5 Å². The Labute approximate surface area is 97.6 Å². The van der Waals surface area contributed by atoms with Gasteiger partial charge in [0.2, 0.25) is 0 Å². The topological polar surface area (TPSA) is 42.4 Å². The second kappa shape index (κ2) is 5.51. The maximum atomic E-state index is 5.70. The summed E-state index contributed by atoms with van der Waals surface area (Å²) >= 11 is 0. The minimum absolute atomic E-state index is 0.574. The van der Waals surface area contributed by atoms with Crippen molar-refractivity contribution in [3.8, 4) is 0 Å². The predicted octanol–water partition coefficient (Wildman–Crippen LogP) is 1.88. The van der Waals surface area contributed by atoms with Gasteiger partial charge in [0.15, 0.2) is 0 Å². The summed E-state index contributed by atoms with van der Waals surface area (Å²) in [5.74, 6) is 1.83. The second-order valence-electron chi connectivity index (χ2n) is 4.85. The number of piperidine rings is 1. The summed E-state index contributed by atoms with van der Waals surface area (Å²) in [5, 5.41) is 0. The van der Waals surface area contributed by atoms with Crippen LogP contribution in [0.2, 0.25) is 0 Å². The van der Waals surface area contributed by atoms with Crippen molar-refractivity contribution in [2.24, 2.45) is 11.7 Å². The minimum Gasteiger partial charge on any atom is -0.469 e. The number of nitrogens with zero attached hydrogens (tertiary/aromatic N) is 1. The standard InChI is InChI=1S/C13H22N2O/c1-11(9-13-3-2-8-16-13)15-6-4-12(10-14)5-7-15/h2-3,8,11-12H,4-7,9-10,14H2,1H3. The molecule has 1 saturated heterocycles. The van der Waals surface area contributed by atoms with Gasteiger partial charge in [-0.2, -0.15) is 0 Å². The largest absolute Gasteiger partial charge is 0.469 e. The molecule has 1 aromatic rings. The Bertz CT molecular complexity index is 289. The average Bonchev–Trinajstić information content (AvgIpc) is 2.82. The highest BCUT2D eigenvalue weighted by molar-refractivity contribution is 5.00. The lowest BCUT2D eigenvalue weighted by Crippen LogP contribution is -2.42. The van der Waals surface area contributed by atoms with E-state index in [-0.39, 0.29) is 0 Å². The zero-order valence-electron chi connectivity index (χ0n) is 10.1. The Morgan fingerprint density at radius 2 is 2.25 bits per heavy atom. The molecule has 1 aliphatic heterocycles. The molecular weight excluding hydrogens is 200 g/mol. The molecule has 1 unspecified atom stereocenters. The molecule has 2 N–H and O–H groups in total. The van der Waals surface area contributed by atoms with Crippen LogP contribution in [0.3, 0.4) is 0 Å². The van der Waals surface area contributed by atoms with Crippen molar-refractivity contribution >= 4 is 0 Å². The smallest absolute Gasteiger partial charge is 0.105 e. The minimum atomic E-state index is 0.574. The molecule has 2 rings (SSSR count). The van der Waals surface area contributed by atoms with E-state index in [9.17, 15) is 0 Å². The predicted molar refractivity (Wildman–Crippen MR) is 65.2 cm³/mol. The summed E-state index contributed by atoms with van der Waals surface area (Å²) in [6.07, 6.45) is 5.26. The monoisotopic (exact) mass is 222 g/mol. The molecule has 3 nitrogen and oxygen atoms in total. The maximum absolute atomic E-state index is 5.70. The summed E-state index contributed by atoms with van der Waals surface area (Å²) in [6.45, 7) is 5.50. The first-order valence-corrected chi connectivity index (χ1v) is 6.26. The molecule has 0 spiro atoms. The number of rotatable bonds is 4. The fraction of sp³-hybridized carbons (Fsp3) is 0.692. The average molecular weight is 222 g/mol. The Balaban J connectivity index is 1.80. The van der Waals surface area contributed by atoms with E-state index in [4.69, 9.17) is 10.2 Å². The summed E-state index contributed by atoms with van der Waals surface area (Å²) in [6, 6.07) is 4.59. The number of furan rings is 1. The van der Waals surface area contributed by atoms with Crippen molar-refractivity contribution < 1.29 is 4.42 Å². The molecule has 90 valence electrons. The van der Waals surface area contributed by atoms with Crippen molar-refractivity contribution in [1.29, 1.82) is 0 Å². The van der Waals surface area contributed by atoms with E-state index in [1.54, 1.807) is 6.26 Å². The molecule has 0 saturated carbocycles. The fourth-order valence-electron chi connectivity index (χ4n) is 2.48. The van der Waals surface area contributed by atoms with Crippen LogP contribution in [0.1, 0.15) is 25.5 Å². The lowest BCUT2D eigenvalue weighted by molar-refractivity contribution is 0.139. The highest BCUT2D eigenvalue weighted by Gasteiger charge is 2.22. The van der Waals surface area contributed by atoms with Crippen LogP contribution >= 0.6 is 0 Å². The van der Waals surface area contributed by atoms with Gasteiger partial charge in [-0.3, -0.25) is 0 Å². The molecule has 3 heteroatoms. The first-order chi connectivity index (χ1) is 7.79. The molecule has 1 aromatic heterocycles. The highest BCUT2D eigenvalue weighted by Crippen LogP contribution is 2.19. The van der Waals surface area contributed by atoms with Gasteiger partial charge in [0.1, 0.15) is 5.76 Å². The van der Waals surface area contributed by atoms with Crippen molar-refractivity contribution in [3.05, 3.63) is 24.2 Å². The number of hydrogen-bond donors (Lipinski definition) is 1. The number of nitrogens with two attached hydrogens (primary N) is 1. The van der Waals surface area contributed by atoms with Crippen LogP contribution in [0.5, 0.6) is 0 Å². The number of likely N-dealkylation sites (tertiary alicyclic amines) is 1. The molecule has 2 heterocycles. The third-order valence-electron chi connectivity index (χ3n) is 3.68. The van der Waals surface area contributed by atoms with Crippen LogP contribution in [0, 0.1) is 5.92 Å². The summed E-state index contributed by atoms with van der Waals surface area (Å²) in [7, 11) is 0. The summed E-state index contributed by atoms with van der Waals surface area (Å²) in [4.78, 5) is 2.55. The number of hydrogen-bond acceptors (Lipinski definition) is 3. The molecule has 0 aliphatic carbocycles. The SMILES string of the molecule is CC(Cc1ccco1)N1CCC(CN)CC1. The molecule has 1 fully saturated rings. The molecule has 0 bridgehead atoms. The van der Waals surface area contributed by atoms with Gasteiger partial charge in [0.25, 0.3) is 0 Å². The van der Waals surface area contributed by atoms with Crippen LogP contribution in [0.4, 0.5) is 0 Å². The van der Waals surface area contributed by atoms with Gasteiger partial charge < -0.3 is 15.1 Å². The van der Waals surface area contributed by atoms with E-state index < -0.39 is 0 Å². The van der Waals surface area contributed by atoms with Crippen LogP contribution in [-0.4, -0.2) is 30.6 Å². The van der Waals surface area contributed by atoms with E-state index in [1.165, 1.54) is 25.9 Å². The highest BCUT2D eigenvalue weighted by atomic mass is 16.3. The Morgan fingerprint density at radius 3 is 2.81 bits per heavy atom. The third kappa shape index (κ3) is 2.86. The molecule has 1 aliphatic rings. The zero-order valence-corrected chi connectivity index (χ0v) is 10.1. The van der Waals surface area contributed by atoms with Gasteiger partial charge in [0.05, 0.1) is 6.26 Å². The lowest BCUT2D eigenvalue weighted by Gasteiger charge is -2.35. The third-order valence-corrected chi connectivity index (χ3v) is 3.68. The van der Waals surface area contributed by atoms with E-state index in [0.717, 1.165) is 24.6 Å². The normalized spacial score (nSPS) is 21.1. The van der Waals surface area contributed by atoms with Crippen LogP contribution in [0.25, 0.3) is 0 Å². The Morgan fingerprint density at radius 1 is 1.50 bits per heavy atom. The summed E-state index contributed by atoms with van der Waals surface area (Å²) < 4.78 is 5.39. The van der Waals surface area contributed by atoms with Crippen LogP contribution < -0.4 is 5.73 Å². The molecule has 0 amide bonds. The van der Waals surface area contributed by atoms with Crippen LogP contribution in [0.15, 0.2) is 22.8 Å². The van der Waals surface area contributed by atoms with Crippen molar-refractivity contribution in [2.45, 2.75) is 32.2 Å². The van der Waals surface area contributed by atoms with E-state index in [0.29, 0.717) is 6.04 Å². The van der Waals surface area contributed by atoms with Crippen molar-refractivity contribution in [3.63, 3.8) is 0 Å². The first kappa shape index (κ1) is 11.7. The van der Waals surface area contributed by atoms with Crippen molar-refractivity contribution in [1.82, 2.24) is 4.90 Å². The van der Waals surface area contributed by atoms with Gasteiger partial charge >= 0.3 is 0 Å². The van der Waals surface area contributed by atoms with Gasteiger partial charge in [-0.15, -0.1) is 0 Å². The first-order valence-electron chi connectivity index (χ1n) is 6.26. The lowest BCUT2D eigenvalue weighted by atomic mass is 9.95. The van der Waals surface area contributed by atoms with Gasteiger partial charge in [-0.25, -0.2) is 0 Å². The molecular formula is C13H22N2O. The summed E-state index contributed by atoms with van der Waals surface area (Å²) in [5.41, 5.74) is 5.70. The molecule has 16 heavy (non-hydrogen) atoms. The second-order valence-corrected chi connectivity index (χ2v) is 4.85. The van der Waals surface area contributed by atoms with Crippen LogP contribution in [-0.2, 0) is 6.42 Å². The Kier molecular flexibility index (Phi) is 4.02. The molecule has 0 aromatic carbocycles. The van der Waals surface area contributed by atoms with E-state index in [2.05, 4.69) is 17.9 Å². The maximum Gasteiger partial charge on any atom is 0.105 e. The van der Waals surface area contributed by atoms with E-state index in [1.807, 2.05) is 6.07 Å². The molecule has 1 atom stereocenters. The van der Waals surface area contributed by atoms with Gasteiger partial charge in [-0.1, -0.05) is 0 Å². The fourth-order valence-corrected chi connectivity index (χ4v) is 2.48. The van der Waals surface area contributed by atoms with Gasteiger partial charge in [-0.05, 0) is 57.5 Å². The zero-order chi connectivity index (χ0) is 11.4. The Hall–Kier alpha value is -0.800. The van der Waals surface area contributed by atoms with Crippen molar-refractivity contribution in [2.75, 3.05) is 19.6 Å². The van der Waals surface area contributed by atoms with E-state index >= 15 is 0 Å². The molecule has 0 radical (unpaired) electrons.